The van der Waals surface area contributed by atoms with E-state index in [-0.39, 0.29) is 36.4 Å². The summed E-state index contributed by atoms with van der Waals surface area (Å²) in [5.74, 6) is 0.614. The van der Waals surface area contributed by atoms with E-state index in [0.29, 0.717) is 47.3 Å². The van der Waals surface area contributed by atoms with Crippen molar-refractivity contribution in [2.75, 3.05) is 20.2 Å². The molecular formula is C31H37N5O5. The van der Waals surface area contributed by atoms with E-state index in [4.69, 9.17) is 9.26 Å². The van der Waals surface area contributed by atoms with Crippen LogP contribution in [-0.2, 0) is 17.8 Å². The Bertz CT molecular complexity index is 1640. The number of amides is 2. The molecule has 0 spiro atoms. The van der Waals surface area contributed by atoms with Gasteiger partial charge in [-0.15, -0.1) is 0 Å². The van der Waals surface area contributed by atoms with Gasteiger partial charge in [-0.2, -0.15) is 0 Å². The van der Waals surface area contributed by atoms with E-state index in [1.807, 2.05) is 43.0 Å². The van der Waals surface area contributed by atoms with E-state index in [2.05, 4.69) is 26.9 Å². The van der Waals surface area contributed by atoms with Gasteiger partial charge in [-0.25, -0.2) is 0 Å². The number of H-pyrrole nitrogens is 1. The molecule has 10 heteroatoms. The van der Waals surface area contributed by atoms with Crippen LogP contribution >= 0.6 is 0 Å². The average molecular weight is 560 g/mol. The summed E-state index contributed by atoms with van der Waals surface area (Å²) in [4.78, 5) is 43.7. The van der Waals surface area contributed by atoms with Gasteiger partial charge in [0.15, 0.2) is 0 Å². The number of aromatic nitrogens is 3. The maximum atomic E-state index is 13.6. The first kappa shape index (κ1) is 28.2. The fourth-order valence-electron chi connectivity index (χ4n) is 6.07. The van der Waals surface area contributed by atoms with Crippen molar-refractivity contribution < 1.29 is 18.8 Å². The van der Waals surface area contributed by atoms with E-state index in [1.165, 1.54) is 7.11 Å². The summed E-state index contributed by atoms with van der Waals surface area (Å²) in [6.07, 6.45) is 3.55. The highest BCUT2D eigenvalue weighted by Gasteiger charge is 2.31. The Morgan fingerprint density at radius 1 is 1.20 bits per heavy atom. The van der Waals surface area contributed by atoms with Crippen molar-refractivity contribution >= 4 is 22.7 Å². The fraction of sp³-hybridized carbons (Fsp3) is 0.419. The Balaban J connectivity index is 1.33. The second-order valence-corrected chi connectivity index (χ2v) is 10.9. The van der Waals surface area contributed by atoms with E-state index in [0.717, 1.165) is 35.0 Å². The first-order valence-electron chi connectivity index (χ1n) is 14.0. The molecule has 216 valence electrons. The molecule has 0 radical (unpaired) electrons. The number of para-hydroxylation sites is 1. The standard InChI is InChI=1S/C31H37N5O5/c1-18-17-41-34-25(18)15-28(37)35-12-10-22(11-13-35)20(3)36-21(4)29(23-8-6-7-9-26(23)36)31(39)32-16-24-27(40-5)14-19(2)33-30(24)38/h6-9,14,17,20,22H,10-13,15-16H2,1-5H3,(H,32,39)(H,33,38). The number of piperidine rings is 1. The molecule has 1 unspecified atom stereocenters. The van der Waals surface area contributed by atoms with Gasteiger partial charge in [-0.3, -0.25) is 14.4 Å². The molecule has 3 aromatic heterocycles. The molecule has 1 aliphatic rings. The van der Waals surface area contributed by atoms with Gasteiger partial charge in [0.05, 0.1) is 36.9 Å². The lowest BCUT2D eigenvalue weighted by Crippen LogP contribution is -2.41. The van der Waals surface area contributed by atoms with Crippen LogP contribution in [0.5, 0.6) is 5.75 Å². The molecule has 41 heavy (non-hydrogen) atoms. The molecule has 0 saturated carbocycles. The molecule has 5 rings (SSSR count). The second-order valence-electron chi connectivity index (χ2n) is 10.9. The topological polar surface area (TPSA) is 122 Å². The number of methoxy groups -OCH3 is 1. The lowest BCUT2D eigenvalue weighted by molar-refractivity contribution is -0.132. The summed E-state index contributed by atoms with van der Waals surface area (Å²) in [7, 11) is 1.51. The third-order valence-electron chi connectivity index (χ3n) is 8.41. The van der Waals surface area contributed by atoms with Crippen molar-refractivity contribution in [1.29, 1.82) is 0 Å². The number of carbonyl (C=O) groups is 2. The van der Waals surface area contributed by atoms with Crippen LogP contribution in [-0.4, -0.2) is 51.6 Å². The third-order valence-corrected chi connectivity index (χ3v) is 8.41. The van der Waals surface area contributed by atoms with Gasteiger partial charge in [0.25, 0.3) is 11.5 Å². The number of rotatable bonds is 8. The number of benzene rings is 1. The fourth-order valence-corrected chi connectivity index (χ4v) is 6.07. The normalized spacial score (nSPS) is 14.8. The molecule has 1 fully saturated rings. The van der Waals surface area contributed by atoms with Gasteiger partial charge in [0.2, 0.25) is 5.91 Å². The molecule has 1 saturated heterocycles. The molecule has 2 amide bonds. The summed E-state index contributed by atoms with van der Waals surface area (Å²) in [5.41, 5.74) is 4.84. The minimum absolute atomic E-state index is 0.0481. The number of hydrogen-bond donors (Lipinski definition) is 2. The predicted molar refractivity (Wildman–Crippen MR) is 155 cm³/mol. The van der Waals surface area contributed by atoms with Crippen molar-refractivity contribution in [3.8, 4) is 5.75 Å². The minimum Gasteiger partial charge on any atom is -0.496 e. The number of carbonyl (C=O) groups excluding carboxylic acids is 2. The highest BCUT2D eigenvalue weighted by atomic mass is 16.5. The lowest BCUT2D eigenvalue weighted by atomic mass is 9.89. The predicted octanol–water partition coefficient (Wildman–Crippen LogP) is 4.22. The molecule has 4 heterocycles. The molecule has 0 bridgehead atoms. The Hall–Kier alpha value is -4.34. The van der Waals surface area contributed by atoms with Crippen molar-refractivity contribution in [2.45, 2.75) is 59.5 Å². The van der Waals surface area contributed by atoms with Crippen LogP contribution in [0.3, 0.4) is 0 Å². The van der Waals surface area contributed by atoms with E-state index >= 15 is 0 Å². The third kappa shape index (κ3) is 5.51. The van der Waals surface area contributed by atoms with Crippen LogP contribution in [0, 0.1) is 26.7 Å². The Morgan fingerprint density at radius 3 is 2.61 bits per heavy atom. The number of fused-ring (bicyclic) bond motifs is 1. The SMILES string of the molecule is COc1cc(C)[nH]c(=O)c1CNC(=O)c1c(C)n(C(C)C2CCN(C(=O)Cc3nocc3C)CC2)c2ccccc12. The average Bonchev–Trinajstić information content (AvgIpc) is 3.50. The van der Waals surface area contributed by atoms with Crippen LogP contribution in [0.25, 0.3) is 10.9 Å². The molecule has 1 aromatic carbocycles. The molecule has 1 atom stereocenters. The quantitative estimate of drug-likeness (QED) is 0.333. The zero-order valence-corrected chi connectivity index (χ0v) is 24.2. The number of nitrogens with one attached hydrogen (secondary N) is 2. The van der Waals surface area contributed by atoms with Gasteiger partial charge >= 0.3 is 0 Å². The number of ether oxygens (including phenoxy) is 1. The summed E-state index contributed by atoms with van der Waals surface area (Å²) >= 11 is 0. The second kappa shape index (κ2) is 11.6. The summed E-state index contributed by atoms with van der Waals surface area (Å²) in [6.45, 7) is 9.26. The van der Waals surface area contributed by atoms with Gasteiger partial charge in [-0.1, -0.05) is 23.4 Å². The maximum absolute atomic E-state index is 13.6. The highest BCUT2D eigenvalue weighted by molar-refractivity contribution is 6.08. The van der Waals surface area contributed by atoms with Crippen molar-refractivity contribution in [3.05, 3.63) is 80.7 Å². The molecule has 4 aromatic rings. The monoisotopic (exact) mass is 559 g/mol. The summed E-state index contributed by atoms with van der Waals surface area (Å²) < 4.78 is 12.6. The molecule has 1 aliphatic heterocycles. The summed E-state index contributed by atoms with van der Waals surface area (Å²) in [6, 6.07) is 9.79. The van der Waals surface area contributed by atoms with Gasteiger partial charge in [0, 0.05) is 47.0 Å². The smallest absolute Gasteiger partial charge is 0.256 e. The molecule has 2 N–H and O–H groups in total. The number of aromatic amines is 1. The van der Waals surface area contributed by atoms with E-state index in [1.54, 1.807) is 19.3 Å². The Kier molecular flexibility index (Phi) is 8.01. The first-order chi connectivity index (χ1) is 19.7. The van der Waals surface area contributed by atoms with Gasteiger partial charge < -0.3 is 29.0 Å². The largest absolute Gasteiger partial charge is 0.496 e. The van der Waals surface area contributed by atoms with Crippen LogP contribution in [0.15, 0.2) is 45.9 Å². The van der Waals surface area contributed by atoms with Crippen LogP contribution in [0.2, 0.25) is 0 Å². The lowest BCUT2D eigenvalue weighted by Gasteiger charge is -2.36. The number of likely N-dealkylation sites (tertiary alicyclic amines) is 1. The Labute approximate surface area is 238 Å². The molecular weight excluding hydrogens is 522 g/mol. The Morgan fingerprint density at radius 2 is 1.93 bits per heavy atom. The number of pyridine rings is 1. The highest BCUT2D eigenvalue weighted by Crippen LogP contribution is 2.36. The molecule has 10 nitrogen and oxygen atoms in total. The molecule has 0 aliphatic carbocycles. The van der Waals surface area contributed by atoms with Gasteiger partial charge in [-0.05, 0) is 58.6 Å². The van der Waals surface area contributed by atoms with Crippen LogP contribution < -0.4 is 15.6 Å². The minimum atomic E-state index is -0.282. The van der Waals surface area contributed by atoms with Crippen molar-refractivity contribution in [2.24, 2.45) is 5.92 Å². The zero-order valence-electron chi connectivity index (χ0n) is 24.2. The number of hydrogen-bond acceptors (Lipinski definition) is 6. The van der Waals surface area contributed by atoms with E-state index < -0.39 is 0 Å². The van der Waals surface area contributed by atoms with Crippen LogP contribution in [0.4, 0.5) is 0 Å². The van der Waals surface area contributed by atoms with Gasteiger partial charge in [0.1, 0.15) is 12.0 Å². The van der Waals surface area contributed by atoms with Crippen molar-refractivity contribution in [3.63, 3.8) is 0 Å². The maximum Gasteiger partial charge on any atom is 0.256 e. The first-order valence-corrected chi connectivity index (χ1v) is 14.0. The zero-order chi connectivity index (χ0) is 29.3. The van der Waals surface area contributed by atoms with Crippen molar-refractivity contribution in [1.82, 2.24) is 24.9 Å². The summed E-state index contributed by atoms with van der Waals surface area (Å²) in [5, 5.41) is 7.77. The number of nitrogens with zero attached hydrogens (tertiary/aromatic N) is 3. The number of aryl methyl sites for hydroxylation is 2. The van der Waals surface area contributed by atoms with Crippen LogP contribution in [0.1, 0.15) is 64.4 Å². The van der Waals surface area contributed by atoms with E-state index in [9.17, 15) is 14.4 Å².